The Morgan fingerprint density at radius 2 is 1.54 bits per heavy atom. The van der Waals surface area contributed by atoms with E-state index in [1.807, 2.05) is 0 Å². The summed E-state index contributed by atoms with van der Waals surface area (Å²) in [5.74, 6) is -11.1. The molecule has 2 saturated carbocycles. The molecule has 1 heterocycles. The average molecular weight is 828 g/mol. The van der Waals surface area contributed by atoms with Crippen molar-refractivity contribution in [1.29, 1.82) is 0 Å². The molecule has 2 bridgehead atoms. The number of hydrogen-bond acceptors (Lipinski definition) is 13. The highest BCUT2D eigenvalue weighted by Gasteiger charge is 2.78. The standard InChI is InChI=1S/C43H51F2NO13/c1-22-26(56-36(52)43(44,45)32(24-15-11-9-12-16-24)46-37(53)59-38(3,4)5)20-42(54)34(57-35(51)25-17-13-10-14-18-25)31-40(8,33(50)30(49)29(22)39(42,6)7)27(48)19-28-41(31,21-55-28)58-23(2)47/h9-18,26-28,30-32,34,48-49,54H,19-21H2,1-8H3,(H,46,53)/t26-,27-,28+,30+,31-,32-,34-,40+,41-,42+/m0/s1. The van der Waals surface area contributed by atoms with Crippen LogP contribution in [0.1, 0.15) is 90.2 Å². The predicted molar refractivity (Wildman–Crippen MR) is 203 cm³/mol. The summed E-state index contributed by atoms with van der Waals surface area (Å²) < 4.78 is 62.0. The van der Waals surface area contributed by atoms with E-state index in [4.69, 9.17) is 23.7 Å². The quantitative estimate of drug-likeness (QED) is 0.164. The Hall–Kier alpha value is -4.77. The van der Waals surface area contributed by atoms with Gasteiger partial charge in [0.05, 0.1) is 29.6 Å². The molecule has 0 unspecified atom stereocenters. The summed E-state index contributed by atoms with van der Waals surface area (Å²) in [5.41, 5.74) is -9.77. The summed E-state index contributed by atoms with van der Waals surface area (Å²) in [5, 5.41) is 39.4. The first-order valence-corrected chi connectivity index (χ1v) is 19.4. The maximum atomic E-state index is 16.6. The number of carbonyl (C=O) groups excluding carboxylic acids is 5. The van der Waals surface area contributed by atoms with Gasteiger partial charge in [0.25, 0.3) is 0 Å². The van der Waals surface area contributed by atoms with E-state index >= 15 is 8.78 Å². The number of aliphatic hydroxyl groups excluding tert-OH is 2. The summed E-state index contributed by atoms with van der Waals surface area (Å²) in [7, 11) is 0. The lowest BCUT2D eigenvalue weighted by Crippen LogP contribution is -2.81. The van der Waals surface area contributed by atoms with Crippen LogP contribution in [0.15, 0.2) is 71.8 Å². The number of ketones is 1. The van der Waals surface area contributed by atoms with Crippen LogP contribution < -0.4 is 5.32 Å². The average Bonchev–Trinajstić information content (AvgIpc) is 3.15. The number of aliphatic hydroxyl groups is 3. The Kier molecular flexibility index (Phi) is 11.2. The number of benzene rings is 2. The fourth-order valence-corrected chi connectivity index (χ4v) is 9.55. The Bertz CT molecular complexity index is 2030. The van der Waals surface area contributed by atoms with E-state index in [1.54, 1.807) is 24.3 Å². The molecule has 1 amide bonds. The number of ether oxygens (including phenoxy) is 5. The monoisotopic (exact) mass is 827 g/mol. The fourth-order valence-electron chi connectivity index (χ4n) is 9.55. The summed E-state index contributed by atoms with van der Waals surface area (Å²) in [6, 6.07) is 12.2. The largest absolute Gasteiger partial charge is 0.455 e. The molecule has 1 aliphatic heterocycles. The maximum absolute atomic E-state index is 16.6. The highest BCUT2D eigenvalue weighted by Crippen LogP contribution is 2.64. The van der Waals surface area contributed by atoms with Crippen LogP contribution in [0.25, 0.3) is 0 Å². The van der Waals surface area contributed by atoms with Crippen LogP contribution >= 0.6 is 0 Å². The number of rotatable bonds is 8. The van der Waals surface area contributed by atoms with Gasteiger partial charge in [0.2, 0.25) is 0 Å². The van der Waals surface area contributed by atoms with Crippen LogP contribution in [0.4, 0.5) is 13.6 Å². The number of carbonyl (C=O) groups is 5. The summed E-state index contributed by atoms with van der Waals surface area (Å²) in [6.45, 7) is 10.9. The van der Waals surface area contributed by atoms with Gasteiger partial charge in [-0.25, -0.2) is 14.4 Å². The smallest absolute Gasteiger partial charge is 0.408 e. The Morgan fingerprint density at radius 1 is 0.949 bits per heavy atom. The molecule has 14 nitrogen and oxygen atoms in total. The predicted octanol–water partition coefficient (Wildman–Crippen LogP) is 4.53. The molecule has 4 N–H and O–H groups in total. The van der Waals surface area contributed by atoms with E-state index in [9.17, 15) is 39.3 Å². The first-order chi connectivity index (χ1) is 27.3. The van der Waals surface area contributed by atoms with Crippen LogP contribution in [0.2, 0.25) is 0 Å². The van der Waals surface area contributed by atoms with Gasteiger partial charge in [-0.05, 0) is 63.5 Å². The van der Waals surface area contributed by atoms with Crippen LogP contribution in [0.3, 0.4) is 0 Å². The molecule has 0 aromatic heterocycles. The van der Waals surface area contributed by atoms with Crippen molar-refractivity contribution in [2.45, 2.75) is 128 Å². The topological polar surface area (TPSA) is 204 Å². The van der Waals surface area contributed by atoms with E-state index in [0.717, 1.165) is 6.92 Å². The van der Waals surface area contributed by atoms with Crippen molar-refractivity contribution in [3.63, 3.8) is 0 Å². The summed E-state index contributed by atoms with van der Waals surface area (Å²) in [6.07, 6.45) is -10.8. The van der Waals surface area contributed by atoms with Crippen LogP contribution in [-0.2, 0) is 38.1 Å². The summed E-state index contributed by atoms with van der Waals surface area (Å²) >= 11 is 0. The number of alkyl halides is 2. The first kappa shape index (κ1) is 43.8. The molecular formula is C43H51F2NO13. The minimum atomic E-state index is -4.50. The molecule has 16 heteroatoms. The third-order valence-electron chi connectivity index (χ3n) is 12.6. The molecule has 1 saturated heterocycles. The zero-order valence-electron chi connectivity index (χ0n) is 34.1. The first-order valence-electron chi connectivity index (χ1n) is 19.4. The maximum Gasteiger partial charge on any atom is 0.408 e. The molecule has 0 radical (unpaired) electrons. The van der Waals surface area contributed by atoms with Crippen LogP contribution in [0.5, 0.6) is 0 Å². The number of nitrogens with one attached hydrogen (secondary N) is 1. The minimum absolute atomic E-state index is 0.0122. The second-order valence-electron chi connectivity index (χ2n) is 17.7. The molecule has 6 rings (SSSR count). The van der Waals surface area contributed by atoms with Gasteiger partial charge in [0, 0.05) is 25.2 Å². The number of Topliss-reactive ketones (excluding diaryl/α,β-unsaturated/α-hetero) is 1. The zero-order valence-corrected chi connectivity index (χ0v) is 34.1. The van der Waals surface area contributed by atoms with Gasteiger partial charge in [-0.2, -0.15) is 8.78 Å². The molecule has 10 atom stereocenters. The molecule has 0 spiro atoms. The third kappa shape index (κ3) is 7.21. The van der Waals surface area contributed by atoms with Gasteiger partial charge in [0.15, 0.2) is 11.4 Å². The molecule has 59 heavy (non-hydrogen) atoms. The van der Waals surface area contributed by atoms with Crippen molar-refractivity contribution in [1.82, 2.24) is 5.32 Å². The second kappa shape index (κ2) is 15.0. The van der Waals surface area contributed by atoms with Crippen molar-refractivity contribution in [2.75, 3.05) is 6.61 Å². The van der Waals surface area contributed by atoms with E-state index in [0.29, 0.717) is 0 Å². The Morgan fingerprint density at radius 3 is 2.08 bits per heavy atom. The summed E-state index contributed by atoms with van der Waals surface area (Å²) in [4.78, 5) is 68.6. The Labute approximate surface area is 340 Å². The Balaban J connectivity index is 1.51. The number of amides is 1. The van der Waals surface area contributed by atoms with Gasteiger partial charge in [0.1, 0.15) is 41.7 Å². The van der Waals surface area contributed by atoms with Gasteiger partial charge in [-0.3, -0.25) is 9.59 Å². The molecular weight excluding hydrogens is 776 g/mol. The number of alkyl carbamates (subject to hydrolysis) is 1. The van der Waals surface area contributed by atoms with Crippen molar-refractivity contribution in [2.24, 2.45) is 16.7 Å². The van der Waals surface area contributed by atoms with Crippen molar-refractivity contribution < 1.29 is 71.8 Å². The van der Waals surface area contributed by atoms with E-state index in [1.165, 1.54) is 84.9 Å². The highest BCUT2D eigenvalue weighted by molar-refractivity contribution is 5.94. The molecule has 2 aromatic carbocycles. The van der Waals surface area contributed by atoms with E-state index in [-0.39, 0.29) is 35.3 Å². The van der Waals surface area contributed by atoms with E-state index < -0.39 is 112 Å². The van der Waals surface area contributed by atoms with Crippen molar-refractivity contribution in [3.8, 4) is 0 Å². The molecule has 320 valence electrons. The lowest BCUT2D eigenvalue weighted by molar-refractivity contribution is -0.346. The highest BCUT2D eigenvalue weighted by atomic mass is 19.3. The SMILES string of the molecule is CC(=O)O[C@@]12CO[C@@H]1C[C@H](O)[C@@]1(C)C(=O)[C@H](O)C3=C(C)[C@@H](OC(=O)C(F)(F)[C@@H](NC(=O)OC(C)(C)C)c4ccccc4)C[C@@](O)([C@@H](OC(=O)c4ccccc4)[C@H]21)C3(C)C. The van der Waals surface area contributed by atoms with Gasteiger partial charge in [-0.1, -0.05) is 62.4 Å². The third-order valence-corrected chi connectivity index (χ3v) is 12.6. The zero-order chi connectivity index (χ0) is 43.7. The lowest BCUT2D eigenvalue weighted by atomic mass is 9.44. The van der Waals surface area contributed by atoms with Crippen molar-refractivity contribution in [3.05, 3.63) is 82.9 Å². The normalized spacial score (nSPS) is 33.1. The van der Waals surface area contributed by atoms with Gasteiger partial charge in [-0.15, -0.1) is 0 Å². The molecule has 2 aromatic rings. The van der Waals surface area contributed by atoms with Crippen LogP contribution in [0, 0.1) is 16.7 Å². The number of halogens is 2. The van der Waals surface area contributed by atoms with Gasteiger partial charge < -0.3 is 44.3 Å². The number of esters is 3. The minimum Gasteiger partial charge on any atom is -0.455 e. The molecule has 3 fully saturated rings. The van der Waals surface area contributed by atoms with E-state index in [2.05, 4.69) is 5.32 Å². The number of hydrogen-bond donors (Lipinski definition) is 4. The molecule has 3 aliphatic carbocycles. The fraction of sp³-hybridized carbons (Fsp3) is 0.558. The van der Waals surface area contributed by atoms with Crippen LogP contribution in [-0.4, -0.2) is 105 Å². The number of fused-ring (bicyclic) bond motifs is 5. The lowest BCUT2D eigenvalue weighted by Gasteiger charge is -2.67. The van der Waals surface area contributed by atoms with Gasteiger partial charge >= 0.3 is 29.9 Å². The van der Waals surface area contributed by atoms with Crippen molar-refractivity contribution >= 4 is 29.8 Å². The second-order valence-corrected chi connectivity index (χ2v) is 17.7. The molecule has 4 aliphatic rings.